The van der Waals surface area contributed by atoms with E-state index in [2.05, 4.69) is 5.32 Å². The van der Waals surface area contributed by atoms with Crippen molar-refractivity contribution in [2.45, 2.75) is 38.5 Å². The largest absolute Gasteiger partial charge is 0.493 e. The molecule has 0 aliphatic heterocycles. The summed E-state index contributed by atoms with van der Waals surface area (Å²) in [7, 11) is 4.36. The van der Waals surface area contributed by atoms with E-state index < -0.39 is 5.97 Å². The van der Waals surface area contributed by atoms with Crippen LogP contribution in [0.2, 0.25) is 0 Å². The normalized spacial score (nSPS) is 30.7. The first-order chi connectivity index (χ1) is 13.0. The third kappa shape index (κ3) is 3.05. The molecule has 0 heterocycles. The van der Waals surface area contributed by atoms with Crippen LogP contribution in [-0.4, -0.2) is 33.2 Å². The van der Waals surface area contributed by atoms with Gasteiger partial charge in [0.1, 0.15) is 0 Å². The number of ether oxygens (including phenoxy) is 3. The molecule has 1 N–H and O–H groups in total. The van der Waals surface area contributed by atoms with Crippen LogP contribution in [0.4, 0.5) is 5.69 Å². The van der Waals surface area contributed by atoms with Gasteiger partial charge in [-0.3, -0.25) is 4.79 Å². The van der Waals surface area contributed by atoms with Crippen LogP contribution in [0.3, 0.4) is 0 Å². The van der Waals surface area contributed by atoms with Gasteiger partial charge in [0, 0.05) is 12.1 Å². The Morgan fingerprint density at radius 3 is 1.93 bits per heavy atom. The molecule has 0 atom stereocenters. The van der Waals surface area contributed by atoms with E-state index in [0.717, 1.165) is 19.3 Å². The number of nitrogens with one attached hydrogen (secondary N) is 1. The number of carbonyl (C=O) groups excluding carboxylic acids is 2. The molecule has 1 aromatic carbocycles. The average molecular weight is 373 g/mol. The molecule has 0 spiro atoms. The van der Waals surface area contributed by atoms with Crippen LogP contribution in [-0.2, 0) is 9.53 Å². The third-order valence-corrected chi connectivity index (χ3v) is 6.70. The Hall–Kier alpha value is -2.24. The third-order valence-electron chi connectivity index (χ3n) is 6.70. The molecule has 27 heavy (non-hydrogen) atoms. The first kappa shape index (κ1) is 18.1. The number of hydrogen-bond donors (Lipinski definition) is 1. The number of carbonyl (C=O) groups is 2. The van der Waals surface area contributed by atoms with E-state index in [1.807, 2.05) is 0 Å². The lowest BCUT2D eigenvalue weighted by molar-refractivity contribution is -0.140. The highest BCUT2D eigenvalue weighted by Gasteiger charge is 2.54. The van der Waals surface area contributed by atoms with Crippen molar-refractivity contribution in [1.82, 2.24) is 0 Å². The van der Waals surface area contributed by atoms with Crippen LogP contribution in [0.5, 0.6) is 11.5 Å². The number of anilines is 1. The Bertz CT molecular complexity index is 737. The number of hydrogen-bond acceptors (Lipinski definition) is 5. The van der Waals surface area contributed by atoms with Crippen molar-refractivity contribution < 1.29 is 23.8 Å². The highest BCUT2D eigenvalue weighted by atomic mass is 16.5. The zero-order valence-electron chi connectivity index (χ0n) is 16.2. The second kappa shape index (κ2) is 6.73. The van der Waals surface area contributed by atoms with Crippen molar-refractivity contribution in [2.24, 2.45) is 23.2 Å². The monoisotopic (exact) mass is 373 g/mol. The van der Waals surface area contributed by atoms with Gasteiger partial charge >= 0.3 is 5.97 Å². The number of rotatable bonds is 5. The van der Waals surface area contributed by atoms with Crippen LogP contribution in [0.1, 0.15) is 48.9 Å². The van der Waals surface area contributed by atoms with E-state index in [-0.39, 0.29) is 16.9 Å². The first-order valence-corrected chi connectivity index (χ1v) is 9.63. The summed E-state index contributed by atoms with van der Waals surface area (Å²) in [6, 6.07) is 3.20. The molecule has 0 unspecified atom stereocenters. The van der Waals surface area contributed by atoms with Gasteiger partial charge < -0.3 is 19.5 Å². The molecule has 4 aliphatic rings. The molecule has 6 heteroatoms. The fourth-order valence-electron chi connectivity index (χ4n) is 5.90. The maximum atomic E-state index is 13.3. The van der Waals surface area contributed by atoms with Gasteiger partial charge in [-0.1, -0.05) is 0 Å². The molecular weight excluding hydrogens is 346 g/mol. The summed E-state index contributed by atoms with van der Waals surface area (Å²) in [6.45, 7) is 0. The Morgan fingerprint density at radius 2 is 1.44 bits per heavy atom. The van der Waals surface area contributed by atoms with Gasteiger partial charge in [-0.15, -0.1) is 0 Å². The van der Waals surface area contributed by atoms with Gasteiger partial charge in [-0.05, 0) is 56.3 Å². The van der Waals surface area contributed by atoms with Crippen molar-refractivity contribution in [3.63, 3.8) is 0 Å². The number of benzene rings is 1. The first-order valence-electron chi connectivity index (χ1n) is 9.63. The van der Waals surface area contributed by atoms with Crippen molar-refractivity contribution in [3.05, 3.63) is 17.7 Å². The molecule has 4 saturated carbocycles. The summed E-state index contributed by atoms with van der Waals surface area (Å²) in [5, 5.41) is 3.03. The molecule has 1 aromatic rings. The molecular formula is C21H27NO5. The van der Waals surface area contributed by atoms with Gasteiger partial charge in [0.25, 0.3) is 0 Å². The second-order valence-corrected chi connectivity index (χ2v) is 8.40. The highest BCUT2D eigenvalue weighted by molar-refractivity contribution is 6.03. The summed E-state index contributed by atoms with van der Waals surface area (Å²) in [5.74, 6) is 2.42. The Morgan fingerprint density at radius 1 is 0.926 bits per heavy atom. The molecule has 4 fully saturated rings. The number of esters is 1. The predicted octanol–water partition coefficient (Wildman–Crippen LogP) is 3.65. The van der Waals surface area contributed by atoms with Gasteiger partial charge in [0.05, 0.1) is 38.0 Å². The summed E-state index contributed by atoms with van der Waals surface area (Å²) >= 11 is 0. The topological polar surface area (TPSA) is 73.9 Å². The fourth-order valence-corrected chi connectivity index (χ4v) is 5.90. The zero-order valence-corrected chi connectivity index (χ0v) is 16.2. The summed E-state index contributed by atoms with van der Waals surface area (Å²) in [4.78, 5) is 25.6. The quantitative estimate of drug-likeness (QED) is 0.798. The molecule has 6 nitrogen and oxygen atoms in total. The summed E-state index contributed by atoms with van der Waals surface area (Å²) < 4.78 is 15.5. The summed E-state index contributed by atoms with van der Waals surface area (Å²) in [5.41, 5.74) is 0.392. The van der Waals surface area contributed by atoms with E-state index in [9.17, 15) is 9.59 Å². The maximum absolute atomic E-state index is 13.3. The molecule has 0 aromatic heterocycles. The van der Waals surface area contributed by atoms with Crippen molar-refractivity contribution in [2.75, 3.05) is 26.6 Å². The lowest BCUT2D eigenvalue weighted by Crippen LogP contribution is -2.51. The van der Waals surface area contributed by atoms with E-state index >= 15 is 0 Å². The Balaban J connectivity index is 1.65. The second-order valence-electron chi connectivity index (χ2n) is 8.40. The lowest BCUT2D eigenvalue weighted by atomic mass is 9.49. The van der Waals surface area contributed by atoms with E-state index in [0.29, 0.717) is 34.9 Å². The molecule has 4 aliphatic carbocycles. The van der Waals surface area contributed by atoms with Crippen molar-refractivity contribution >= 4 is 17.6 Å². The van der Waals surface area contributed by atoms with Crippen LogP contribution in [0.15, 0.2) is 12.1 Å². The minimum Gasteiger partial charge on any atom is -0.493 e. The van der Waals surface area contributed by atoms with E-state index in [1.165, 1.54) is 40.6 Å². The van der Waals surface area contributed by atoms with Gasteiger partial charge in [-0.25, -0.2) is 4.79 Å². The van der Waals surface area contributed by atoms with Gasteiger partial charge in [0.15, 0.2) is 11.5 Å². The van der Waals surface area contributed by atoms with Gasteiger partial charge in [0.2, 0.25) is 5.91 Å². The Kier molecular flexibility index (Phi) is 4.52. The predicted molar refractivity (Wildman–Crippen MR) is 100 cm³/mol. The molecule has 5 rings (SSSR count). The maximum Gasteiger partial charge on any atom is 0.340 e. The molecule has 0 radical (unpaired) electrons. The Labute approximate surface area is 159 Å². The minimum atomic E-state index is -0.517. The van der Waals surface area contributed by atoms with Crippen LogP contribution in [0.25, 0.3) is 0 Å². The van der Waals surface area contributed by atoms with Gasteiger partial charge in [-0.2, -0.15) is 0 Å². The minimum absolute atomic E-state index is 0.0268. The van der Waals surface area contributed by atoms with Crippen LogP contribution < -0.4 is 14.8 Å². The fraction of sp³-hybridized carbons (Fsp3) is 0.619. The number of amides is 1. The SMILES string of the molecule is COC(=O)c1cc(OC)c(OC)cc1NC(=O)C12CC3CC(CC(C3)C1)C2. The smallest absolute Gasteiger partial charge is 0.340 e. The van der Waals surface area contributed by atoms with Crippen molar-refractivity contribution in [1.29, 1.82) is 0 Å². The molecule has 1 amide bonds. The zero-order chi connectivity index (χ0) is 19.2. The molecule has 4 bridgehead atoms. The van der Waals surface area contributed by atoms with Crippen LogP contribution in [0, 0.1) is 23.2 Å². The highest BCUT2D eigenvalue weighted by Crippen LogP contribution is 2.60. The van der Waals surface area contributed by atoms with E-state index in [1.54, 1.807) is 12.1 Å². The lowest BCUT2D eigenvalue weighted by Gasteiger charge is -2.55. The summed E-state index contributed by atoms with van der Waals surface area (Å²) in [6.07, 6.45) is 6.71. The van der Waals surface area contributed by atoms with Crippen molar-refractivity contribution in [3.8, 4) is 11.5 Å². The molecule has 0 saturated heterocycles. The standard InChI is InChI=1S/C21H27NO5/c1-25-17-7-15(19(23)27-3)16(8-18(17)26-2)22-20(24)21-9-12-4-13(10-21)6-14(5-12)11-21/h7-8,12-14H,4-6,9-11H2,1-3H3,(H,22,24). The van der Waals surface area contributed by atoms with Crippen LogP contribution >= 0.6 is 0 Å². The average Bonchev–Trinajstić information content (AvgIpc) is 2.65. The molecule has 146 valence electrons. The number of methoxy groups -OCH3 is 3. The van der Waals surface area contributed by atoms with E-state index in [4.69, 9.17) is 14.2 Å².